The molecule has 6 nitrogen and oxygen atoms in total. The van der Waals surface area contributed by atoms with Crippen molar-refractivity contribution in [3.63, 3.8) is 0 Å². The monoisotopic (exact) mass is 215 g/mol. The number of nitrogens with zero attached hydrogens (tertiary/aromatic N) is 1. The Morgan fingerprint density at radius 3 is 1.54 bits per heavy atom. The Hall–Kier alpha value is -0.210. The normalized spacial score (nSPS) is 14.4. The summed E-state index contributed by atoms with van der Waals surface area (Å²) in [7, 11) is 2.24. The summed E-state index contributed by atoms with van der Waals surface area (Å²) in [6.07, 6.45) is -0.264. The molecule has 0 spiro atoms. The van der Waals surface area contributed by atoms with E-state index < -0.39 is 10.4 Å². The van der Waals surface area contributed by atoms with Gasteiger partial charge in [-0.3, -0.25) is 4.18 Å². The second-order valence-corrected chi connectivity index (χ2v) is 4.47. The van der Waals surface area contributed by atoms with E-state index in [9.17, 15) is 13.0 Å². The van der Waals surface area contributed by atoms with E-state index in [1.165, 1.54) is 0 Å². The van der Waals surface area contributed by atoms with E-state index in [4.69, 9.17) is 5.11 Å². The number of hydrogen-bond donors (Lipinski definition) is 1. The number of aliphatic hydroxyl groups is 1. The van der Waals surface area contributed by atoms with Crippen molar-refractivity contribution in [2.45, 2.75) is 13.2 Å². The van der Waals surface area contributed by atoms with E-state index in [0.717, 1.165) is 7.11 Å². The van der Waals surface area contributed by atoms with Gasteiger partial charge in [0.1, 0.15) is 0 Å². The summed E-state index contributed by atoms with van der Waals surface area (Å²) in [4.78, 5) is 0. The maximum absolute atomic E-state index is 9.22. The fourth-order valence-electron chi connectivity index (χ4n) is 0. The minimum absolute atomic E-state index is 0.264. The summed E-state index contributed by atoms with van der Waals surface area (Å²) in [6, 6.07) is 0. The Balaban J connectivity index is 0. The van der Waals surface area contributed by atoms with Crippen LogP contribution >= 0.6 is 0 Å². The summed E-state index contributed by atoms with van der Waals surface area (Å²) in [5.74, 6) is 0. The second kappa shape index (κ2) is 5.51. The SMILES string of the molecule is CC(O)[N+](C)(C)C.COS(=O)(=O)[O-]. The maximum atomic E-state index is 9.22. The first-order chi connectivity index (χ1) is 5.50. The average Bonchev–Trinajstić information content (AvgIpc) is 1.85. The number of rotatable bonds is 2. The highest BCUT2D eigenvalue weighted by molar-refractivity contribution is 7.80. The lowest BCUT2D eigenvalue weighted by atomic mass is 10.5. The predicted octanol–water partition coefficient (Wildman–Crippen LogP) is -0.876. The van der Waals surface area contributed by atoms with Crippen molar-refractivity contribution in [2.75, 3.05) is 28.3 Å². The van der Waals surface area contributed by atoms with Gasteiger partial charge in [-0.05, 0) is 0 Å². The molecule has 0 rings (SSSR count). The zero-order valence-electron chi connectivity index (χ0n) is 8.51. The Morgan fingerprint density at radius 2 is 1.54 bits per heavy atom. The molecule has 1 unspecified atom stereocenters. The Labute approximate surface area is 79.3 Å². The van der Waals surface area contributed by atoms with Crippen molar-refractivity contribution in [3.05, 3.63) is 0 Å². The van der Waals surface area contributed by atoms with Crippen LogP contribution in [-0.2, 0) is 14.6 Å². The van der Waals surface area contributed by atoms with Gasteiger partial charge in [0, 0.05) is 6.92 Å². The molecule has 0 aromatic carbocycles. The van der Waals surface area contributed by atoms with E-state index in [1.54, 1.807) is 6.92 Å². The van der Waals surface area contributed by atoms with Gasteiger partial charge in [0.25, 0.3) is 0 Å². The first kappa shape index (κ1) is 15.3. The van der Waals surface area contributed by atoms with Crippen LogP contribution in [0.2, 0.25) is 0 Å². The van der Waals surface area contributed by atoms with Gasteiger partial charge in [0.2, 0.25) is 10.4 Å². The van der Waals surface area contributed by atoms with E-state index in [2.05, 4.69) is 4.18 Å². The van der Waals surface area contributed by atoms with Gasteiger partial charge in [-0.2, -0.15) is 0 Å². The quantitative estimate of drug-likeness (QED) is 0.280. The molecule has 0 aliphatic heterocycles. The molecule has 0 saturated heterocycles. The third kappa shape index (κ3) is 14.6. The lowest BCUT2D eigenvalue weighted by molar-refractivity contribution is -0.916. The number of hydrogen-bond acceptors (Lipinski definition) is 5. The van der Waals surface area contributed by atoms with Crippen molar-refractivity contribution in [1.29, 1.82) is 0 Å². The molecule has 0 aliphatic rings. The van der Waals surface area contributed by atoms with Crippen LogP contribution < -0.4 is 0 Å². The van der Waals surface area contributed by atoms with Crippen LogP contribution in [0.5, 0.6) is 0 Å². The molecule has 7 heteroatoms. The average molecular weight is 215 g/mol. The van der Waals surface area contributed by atoms with E-state index >= 15 is 0 Å². The molecule has 0 radical (unpaired) electrons. The van der Waals surface area contributed by atoms with Gasteiger partial charge in [-0.15, -0.1) is 0 Å². The van der Waals surface area contributed by atoms with Gasteiger partial charge in [-0.1, -0.05) is 0 Å². The zero-order valence-corrected chi connectivity index (χ0v) is 9.33. The standard InChI is InChI=1S/C5H14NO.CH4O4S/c1-5(7)6(2,3)4;1-5-6(2,3)4/h5,7H,1-4H3;1H3,(H,2,3,4)/q+1;/p-1. The first-order valence-corrected chi connectivity index (χ1v) is 4.84. The van der Waals surface area contributed by atoms with Crippen LogP contribution in [0.4, 0.5) is 0 Å². The Kier molecular flexibility index (Phi) is 6.47. The molecule has 0 fully saturated rings. The molecule has 0 aromatic rings. The lowest BCUT2D eigenvalue weighted by Gasteiger charge is -2.26. The molecule has 82 valence electrons. The molecule has 1 atom stereocenters. The molecular formula is C6H17NO5S. The van der Waals surface area contributed by atoms with Crippen LogP contribution in [0.25, 0.3) is 0 Å². The Bertz CT molecular complexity index is 216. The lowest BCUT2D eigenvalue weighted by Crippen LogP contribution is -2.42. The van der Waals surface area contributed by atoms with Crippen LogP contribution in [0.3, 0.4) is 0 Å². The fourth-order valence-corrected chi connectivity index (χ4v) is 0. The highest BCUT2D eigenvalue weighted by Gasteiger charge is 2.12. The minimum atomic E-state index is -4.41. The molecule has 13 heavy (non-hydrogen) atoms. The smallest absolute Gasteiger partial charge is 0.217 e. The topological polar surface area (TPSA) is 86.7 Å². The summed E-state index contributed by atoms with van der Waals surface area (Å²) in [5, 5.41) is 8.86. The van der Waals surface area contributed by atoms with Crippen LogP contribution in [-0.4, -0.2) is 57.0 Å². The molecule has 0 amide bonds. The highest BCUT2D eigenvalue weighted by atomic mass is 32.3. The third-order valence-corrected chi connectivity index (χ3v) is 1.73. The van der Waals surface area contributed by atoms with Gasteiger partial charge >= 0.3 is 0 Å². The number of aliphatic hydroxyl groups excluding tert-OH is 1. The highest BCUT2D eigenvalue weighted by Crippen LogP contribution is 1.94. The minimum Gasteiger partial charge on any atom is -0.726 e. The molecule has 0 saturated carbocycles. The van der Waals surface area contributed by atoms with Crippen molar-refractivity contribution in [1.82, 2.24) is 0 Å². The van der Waals surface area contributed by atoms with Gasteiger partial charge in [0.15, 0.2) is 6.23 Å². The van der Waals surface area contributed by atoms with Crippen LogP contribution in [0.1, 0.15) is 6.92 Å². The van der Waals surface area contributed by atoms with Crippen molar-refractivity contribution < 1.29 is 26.7 Å². The molecule has 0 aliphatic carbocycles. The largest absolute Gasteiger partial charge is 0.726 e. The molecule has 0 aromatic heterocycles. The molecule has 0 heterocycles. The Morgan fingerprint density at radius 1 is 1.38 bits per heavy atom. The maximum Gasteiger partial charge on any atom is 0.217 e. The van der Waals surface area contributed by atoms with Gasteiger partial charge in [-0.25, -0.2) is 8.42 Å². The molecular weight excluding hydrogens is 198 g/mol. The van der Waals surface area contributed by atoms with Crippen molar-refractivity contribution in [3.8, 4) is 0 Å². The summed E-state index contributed by atoms with van der Waals surface area (Å²) >= 11 is 0. The van der Waals surface area contributed by atoms with E-state index in [0.29, 0.717) is 4.48 Å². The first-order valence-electron chi connectivity index (χ1n) is 3.51. The van der Waals surface area contributed by atoms with Crippen LogP contribution in [0.15, 0.2) is 0 Å². The van der Waals surface area contributed by atoms with E-state index in [1.807, 2.05) is 21.1 Å². The van der Waals surface area contributed by atoms with Crippen LogP contribution in [0, 0.1) is 0 Å². The molecule has 0 bridgehead atoms. The summed E-state index contributed by atoms with van der Waals surface area (Å²) in [5.41, 5.74) is 0. The third-order valence-electron chi connectivity index (χ3n) is 1.33. The fraction of sp³-hybridized carbons (Fsp3) is 1.00. The van der Waals surface area contributed by atoms with E-state index in [-0.39, 0.29) is 6.23 Å². The van der Waals surface area contributed by atoms with Gasteiger partial charge in [0.05, 0.1) is 28.3 Å². The summed E-state index contributed by atoms with van der Waals surface area (Å²) < 4.78 is 31.6. The zero-order chi connectivity index (χ0) is 11.3. The van der Waals surface area contributed by atoms with Gasteiger partial charge < -0.3 is 14.1 Å². The predicted molar refractivity (Wildman–Crippen MR) is 46.4 cm³/mol. The summed E-state index contributed by atoms with van der Waals surface area (Å²) in [6.45, 7) is 1.78. The second-order valence-electron chi connectivity index (χ2n) is 3.32. The molecule has 1 N–H and O–H groups in total. The van der Waals surface area contributed by atoms with Crippen molar-refractivity contribution >= 4 is 10.4 Å². The van der Waals surface area contributed by atoms with Crippen molar-refractivity contribution in [2.24, 2.45) is 0 Å². The number of quaternary nitrogens is 1.